The monoisotopic (exact) mass is 276 g/mol. The number of nitrogens with zero attached hydrogens (tertiary/aromatic N) is 1. The molecule has 3 aromatic rings. The Morgan fingerprint density at radius 3 is 2.90 bits per heavy atom. The summed E-state index contributed by atoms with van der Waals surface area (Å²) >= 11 is 0. The maximum absolute atomic E-state index is 11.3. The number of hydrogen-bond acceptors (Lipinski definition) is 2. The number of pyridine rings is 2. The molecule has 0 bridgehead atoms. The average Bonchev–Trinajstić information content (AvgIpc) is 2.53. The van der Waals surface area contributed by atoms with Crippen LogP contribution in [0, 0.1) is 0 Å². The van der Waals surface area contributed by atoms with Crippen molar-refractivity contribution in [1.82, 2.24) is 9.97 Å². The van der Waals surface area contributed by atoms with Crippen molar-refractivity contribution in [2.45, 2.75) is 13.3 Å². The average molecular weight is 276 g/mol. The quantitative estimate of drug-likeness (QED) is 0.789. The summed E-state index contributed by atoms with van der Waals surface area (Å²) in [6.45, 7) is 2.14. The Morgan fingerprint density at radius 2 is 2.14 bits per heavy atom. The molecule has 0 amide bonds. The zero-order valence-corrected chi connectivity index (χ0v) is 11.8. The van der Waals surface area contributed by atoms with Crippen molar-refractivity contribution >= 4 is 22.6 Å². The van der Waals surface area contributed by atoms with Crippen LogP contribution in [0.15, 0.2) is 59.7 Å². The summed E-state index contributed by atoms with van der Waals surface area (Å²) in [5.74, 6) is 0. The maximum Gasteiger partial charge on any atom is 0.248 e. The van der Waals surface area contributed by atoms with Crippen LogP contribution in [0.2, 0.25) is 0 Å². The van der Waals surface area contributed by atoms with Gasteiger partial charge >= 0.3 is 0 Å². The highest BCUT2D eigenvalue weighted by atomic mass is 16.1. The van der Waals surface area contributed by atoms with Gasteiger partial charge in [-0.05, 0) is 58.8 Å². The van der Waals surface area contributed by atoms with E-state index in [4.69, 9.17) is 0 Å². The Hall–Kier alpha value is -2.68. The molecular formula is C18H16N2O. The van der Waals surface area contributed by atoms with E-state index in [0.29, 0.717) is 0 Å². The summed E-state index contributed by atoms with van der Waals surface area (Å²) in [7, 11) is 0. The summed E-state index contributed by atoms with van der Waals surface area (Å²) in [5, 5.41) is 1.04. The molecule has 2 heterocycles. The molecule has 0 saturated carbocycles. The minimum atomic E-state index is -0.0723. The molecule has 0 aliphatic rings. The second kappa shape index (κ2) is 5.75. The summed E-state index contributed by atoms with van der Waals surface area (Å²) < 4.78 is 0. The van der Waals surface area contributed by atoms with Crippen LogP contribution in [0.25, 0.3) is 22.6 Å². The molecule has 3 nitrogen and oxygen atoms in total. The van der Waals surface area contributed by atoms with Crippen molar-refractivity contribution in [2.75, 3.05) is 0 Å². The van der Waals surface area contributed by atoms with Gasteiger partial charge in [0.2, 0.25) is 5.56 Å². The molecule has 0 atom stereocenters. The number of aromatic nitrogens is 2. The van der Waals surface area contributed by atoms with Gasteiger partial charge in [0.25, 0.3) is 0 Å². The topological polar surface area (TPSA) is 45.8 Å². The molecule has 3 rings (SSSR count). The van der Waals surface area contributed by atoms with Crippen LogP contribution in [-0.2, 0) is 0 Å². The Kier molecular flexibility index (Phi) is 3.65. The zero-order valence-electron chi connectivity index (χ0n) is 11.8. The van der Waals surface area contributed by atoms with Gasteiger partial charge in [-0.2, -0.15) is 0 Å². The van der Waals surface area contributed by atoms with Crippen molar-refractivity contribution in [3.8, 4) is 0 Å². The largest absolute Gasteiger partial charge is 0.322 e. The molecule has 0 unspecified atom stereocenters. The zero-order chi connectivity index (χ0) is 14.7. The summed E-state index contributed by atoms with van der Waals surface area (Å²) in [6, 6.07) is 13.5. The first-order valence-electron chi connectivity index (χ1n) is 7.00. The third-order valence-corrected chi connectivity index (χ3v) is 3.50. The predicted octanol–water partition coefficient (Wildman–Crippen LogP) is 3.87. The van der Waals surface area contributed by atoms with E-state index in [9.17, 15) is 4.79 Å². The molecule has 0 saturated heterocycles. The van der Waals surface area contributed by atoms with Crippen LogP contribution < -0.4 is 5.56 Å². The SMILES string of the molecule is CC/C(=C\c1cccnc1)c1ccc2[nH]c(=O)ccc2c1. The van der Waals surface area contributed by atoms with Gasteiger partial charge in [0, 0.05) is 24.0 Å². The summed E-state index contributed by atoms with van der Waals surface area (Å²) in [5.41, 5.74) is 4.30. The number of H-pyrrole nitrogens is 1. The van der Waals surface area contributed by atoms with E-state index < -0.39 is 0 Å². The number of aromatic amines is 1. The molecule has 21 heavy (non-hydrogen) atoms. The normalized spacial score (nSPS) is 11.8. The highest BCUT2D eigenvalue weighted by Gasteiger charge is 2.02. The number of benzene rings is 1. The van der Waals surface area contributed by atoms with Crippen molar-refractivity contribution in [3.63, 3.8) is 0 Å². The second-order valence-corrected chi connectivity index (χ2v) is 4.93. The van der Waals surface area contributed by atoms with Gasteiger partial charge in [0.15, 0.2) is 0 Å². The van der Waals surface area contributed by atoms with Crippen molar-refractivity contribution in [3.05, 3.63) is 76.3 Å². The fourth-order valence-electron chi connectivity index (χ4n) is 2.41. The lowest BCUT2D eigenvalue weighted by molar-refractivity contribution is 1.24. The van der Waals surface area contributed by atoms with Gasteiger partial charge in [-0.25, -0.2) is 0 Å². The fourth-order valence-corrected chi connectivity index (χ4v) is 2.41. The molecule has 0 radical (unpaired) electrons. The van der Waals surface area contributed by atoms with E-state index in [-0.39, 0.29) is 5.56 Å². The molecule has 1 aromatic carbocycles. The summed E-state index contributed by atoms with van der Waals surface area (Å²) in [4.78, 5) is 18.3. The van der Waals surface area contributed by atoms with Gasteiger partial charge in [-0.3, -0.25) is 9.78 Å². The van der Waals surface area contributed by atoms with Gasteiger partial charge < -0.3 is 4.98 Å². The van der Waals surface area contributed by atoms with Crippen LogP contribution in [0.3, 0.4) is 0 Å². The van der Waals surface area contributed by atoms with Crippen LogP contribution in [0.1, 0.15) is 24.5 Å². The smallest absolute Gasteiger partial charge is 0.248 e. The van der Waals surface area contributed by atoms with E-state index >= 15 is 0 Å². The van der Waals surface area contributed by atoms with Gasteiger partial charge in [0.05, 0.1) is 0 Å². The molecule has 0 aliphatic heterocycles. The van der Waals surface area contributed by atoms with Crippen molar-refractivity contribution in [1.29, 1.82) is 0 Å². The number of fused-ring (bicyclic) bond motifs is 1. The summed E-state index contributed by atoms with van der Waals surface area (Å²) in [6.07, 6.45) is 6.72. The lowest BCUT2D eigenvalue weighted by Gasteiger charge is -2.07. The molecule has 0 aliphatic carbocycles. The highest BCUT2D eigenvalue weighted by Crippen LogP contribution is 2.24. The van der Waals surface area contributed by atoms with E-state index in [0.717, 1.165) is 22.9 Å². The van der Waals surface area contributed by atoms with Gasteiger partial charge in [-0.1, -0.05) is 19.1 Å². The standard InChI is InChI=1S/C18H16N2O/c1-2-14(10-13-4-3-9-19-12-13)15-5-7-17-16(11-15)6-8-18(21)20-17/h3-12H,2H2,1H3,(H,20,21)/b14-10+. The third-order valence-electron chi connectivity index (χ3n) is 3.50. The highest BCUT2D eigenvalue weighted by molar-refractivity contribution is 5.87. The first-order valence-corrected chi connectivity index (χ1v) is 7.00. The Balaban J connectivity index is 2.07. The molecule has 104 valence electrons. The lowest BCUT2D eigenvalue weighted by atomic mass is 9.99. The Morgan fingerprint density at radius 1 is 1.24 bits per heavy atom. The van der Waals surface area contributed by atoms with Crippen LogP contribution in [0.4, 0.5) is 0 Å². The fraction of sp³-hybridized carbons (Fsp3) is 0.111. The lowest BCUT2D eigenvalue weighted by Crippen LogP contribution is -2.02. The maximum atomic E-state index is 11.3. The molecule has 0 spiro atoms. The first-order chi connectivity index (χ1) is 10.3. The number of rotatable bonds is 3. The van der Waals surface area contributed by atoms with E-state index in [2.05, 4.69) is 29.0 Å². The van der Waals surface area contributed by atoms with E-state index in [1.807, 2.05) is 36.5 Å². The van der Waals surface area contributed by atoms with Gasteiger partial charge in [0.1, 0.15) is 0 Å². The molecular weight excluding hydrogens is 260 g/mol. The van der Waals surface area contributed by atoms with Crippen molar-refractivity contribution in [2.24, 2.45) is 0 Å². The first kappa shape index (κ1) is 13.3. The molecule has 0 fully saturated rings. The van der Waals surface area contributed by atoms with Crippen LogP contribution >= 0.6 is 0 Å². The molecule has 3 heteroatoms. The second-order valence-electron chi connectivity index (χ2n) is 4.93. The molecule has 1 N–H and O–H groups in total. The van der Waals surface area contributed by atoms with E-state index in [1.54, 1.807) is 12.3 Å². The molecule has 2 aromatic heterocycles. The third kappa shape index (κ3) is 2.92. The number of hydrogen-bond donors (Lipinski definition) is 1. The van der Waals surface area contributed by atoms with Gasteiger partial charge in [-0.15, -0.1) is 0 Å². The van der Waals surface area contributed by atoms with Crippen molar-refractivity contribution < 1.29 is 0 Å². The number of nitrogens with one attached hydrogen (secondary N) is 1. The minimum absolute atomic E-state index is 0.0723. The number of allylic oxidation sites excluding steroid dienone is 1. The van der Waals surface area contributed by atoms with E-state index in [1.165, 1.54) is 11.1 Å². The van der Waals surface area contributed by atoms with Crippen LogP contribution in [0.5, 0.6) is 0 Å². The predicted molar refractivity (Wildman–Crippen MR) is 87.0 cm³/mol. The van der Waals surface area contributed by atoms with Crippen LogP contribution in [-0.4, -0.2) is 9.97 Å². The minimum Gasteiger partial charge on any atom is -0.322 e. The Bertz CT molecular complexity index is 848. The Labute approximate surface area is 123 Å².